The van der Waals surface area contributed by atoms with E-state index >= 15 is 0 Å². The van der Waals surface area contributed by atoms with Gasteiger partial charge in [0.1, 0.15) is 0 Å². The van der Waals surface area contributed by atoms with Crippen LogP contribution >= 0.6 is 0 Å². The van der Waals surface area contributed by atoms with Gasteiger partial charge in [-0.25, -0.2) is 14.9 Å². The highest BCUT2D eigenvalue weighted by Gasteiger charge is 2.20. The smallest absolute Gasteiger partial charge is 0.359 e. The molecule has 1 aromatic carbocycles. The Morgan fingerprint density at radius 3 is 2.56 bits per heavy atom. The lowest BCUT2D eigenvalue weighted by atomic mass is 10.2. The van der Waals surface area contributed by atoms with E-state index in [-0.39, 0.29) is 6.61 Å². The summed E-state index contributed by atoms with van der Waals surface area (Å²) in [5, 5.41) is 11.3. The maximum absolute atomic E-state index is 11.3. The number of carbonyl (C=O) groups excluding carboxylic acids is 1. The molecule has 0 aliphatic heterocycles. The van der Waals surface area contributed by atoms with Gasteiger partial charge in [-0.1, -0.05) is 17.7 Å². The maximum atomic E-state index is 11.3. The van der Waals surface area contributed by atoms with Crippen molar-refractivity contribution in [3.8, 4) is 0 Å². The molecule has 16 heavy (non-hydrogen) atoms. The molecule has 0 spiro atoms. The zero-order valence-electron chi connectivity index (χ0n) is 9.27. The summed E-state index contributed by atoms with van der Waals surface area (Å²) in [6, 6.07) is 7.31. The van der Waals surface area contributed by atoms with E-state index in [1.165, 1.54) is 0 Å². The first kappa shape index (κ1) is 12.5. The van der Waals surface area contributed by atoms with E-state index in [4.69, 9.17) is 9.99 Å². The van der Waals surface area contributed by atoms with Crippen LogP contribution in [0.4, 0.5) is 5.69 Å². The monoisotopic (exact) mass is 225 g/mol. The number of carbonyl (C=O) groups is 1. The Morgan fingerprint density at radius 2 is 2.06 bits per heavy atom. The molecule has 1 atom stereocenters. The number of hydrogen-bond acceptors (Lipinski definition) is 5. The average Bonchev–Trinajstić information content (AvgIpc) is 2.28. The Bertz CT molecular complexity index is 336. The van der Waals surface area contributed by atoms with Crippen LogP contribution in [0.1, 0.15) is 12.5 Å². The highest BCUT2D eigenvalue weighted by molar-refractivity contribution is 5.77. The first-order valence-electron chi connectivity index (χ1n) is 4.97. The molecule has 88 valence electrons. The van der Waals surface area contributed by atoms with Crippen LogP contribution in [-0.2, 0) is 14.4 Å². The number of benzene rings is 1. The standard InChI is InChI=1S/C11H15NO4/c1-3-15-11(13)10(16-14)12-9-6-4-8(2)5-7-9/h4-7,10,12,14H,3H2,1-2H3. The summed E-state index contributed by atoms with van der Waals surface area (Å²) in [6.45, 7) is 3.86. The molecule has 0 amide bonds. The van der Waals surface area contributed by atoms with Crippen LogP contribution in [0, 0.1) is 6.92 Å². The largest absolute Gasteiger partial charge is 0.463 e. The molecule has 0 fully saturated rings. The van der Waals surface area contributed by atoms with E-state index in [1.54, 1.807) is 19.1 Å². The summed E-state index contributed by atoms with van der Waals surface area (Å²) in [6.07, 6.45) is -1.21. The number of rotatable bonds is 5. The van der Waals surface area contributed by atoms with Crippen LogP contribution in [0.2, 0.25) is 0 Å². The first-order valence-corrected chi connectivity index (χ1v) is 4.97. The molecule has 5 nitrogen and oxygen atoms in total. The van der Waals surface area contributed by atoms with Crippen molar-refractivity contribution in [1.29, 1.82) is 0 Å². The van der Waals surface area contributed by atoms with Gasteiger partial charge in [0.2, 0.25) is 0 Å². The number of nitrogens with one attached hydrogen (secondary N) is 1. The van der Waals surface area contributed by atoms with Gasteiger partial charge in [0.05, 0.1) is 6.61 Å². The van der Waals surface area contributed by atoms with Gasteiger partial charge < -0.3 is 10.1 Å². The molecule has 1 rings (SSSR count). The van der Waals surface area contributed by atoms with Crippen molar-refractivity contribution in [2.75, 3.05) is 11.9 Å². The van der Waals surface area contributed by atoms with Gasteiger partial charge in [-0.3, -0.25) is 0 Å². The topological polar surface area (TPSA) is 67.8 Å². The number of esters is 1. The lowest BCUT2D eigenvalue weighted by Crippen LogP contribution is -2.33. The fraction of sp³-hybridized carbons (Fsp3) is 0.364. The molecule has 1 aromatic rings. The number of ether oxygens (including phenoxy) is 1. The van der Waals surface area contributed by atoms with E-state index in [2.05, 4.69) is 10.2 Å². The molecule has 0 radical (unpaired) electrons. The van der Waals surface area contributed by atoms with Crippen molar-refractivity contribution >= 4 is 11.7 Å². The average molecular weight is 225 g/mol. The molecular formula is C11H15NO4. The number of aryl methyl sites for hydroxylation is 1. The molecule has 0 saturated heterocycles. The predicted octanol–water partition coefficient (Wildman–Crippen LogP) is 1.79. The highest BCUT2D eigenvalue weighted by atomic mass is 17.1. The fourth-order valence-corrected chi connectivity index (χ4v) is 1.15. The lowest BCUT2D eigenvalue weighted by molar-refractivity contribution is -0.271. The molecule has 0 heterocycles. The van der Waals surface area contributed by atoms with E-state index < -0.39 is 12.2 Å². The maximum Gasteiger partial charge on any atom is 0.359 e. The minimum atomic E-state index is -1.21. The lowest BCUT2D eigenvalue weighted by Gasteiger charge is -2.14. The summed E-state index contributed by atoms with van der Waals surface area (Å²) in [5.41, 5.74) is 1.76. The Morgan fingerprint density at radius 1 is 1.44 bits per heavy atom. The van der Waals surface area contributed by atoms with Gasteiger partial charge in [0, 0.05) is 5.69 Å². The van der Waals surface area contributed by atoms with Gasteiger partial charge in [0.25, 0.3) is 6.23 Å². The Hall–Kier alpha value is -1.59. The predicted molar refractivity (Wildman–Crippen MR) is 58.9 cm³/mol. The second-order valence-corrected chi connectivity index (χ2v) is 3.25. The second-order valence-electron chi connectivity index (χ2n) is 3.25. The van der Waals surface area contributed by atoms with Crippen molar-refractivity contribution in [1.82, 2.24) is 0 Å². The Balaban J connectivity index is 2.62. The molecule has 0 saturated carbocycles. The number of hydrogen-bond donors (Lipinski definition) is 2. The molecule has 0 aliphatic carbocycles. The fourth-order valence-electron chi connectivity index (χ4n) is 1.15. The van der Waals surface area contributed by atoms with Crippen molar-refractivity contribution in [3.63, 3.8) is 0 Å². The SMILES string of the molecule is CCOC(=O)C(Nc1ccc(C)cc1)OO. The summed E-state index contributed by atoms with van der Waals surface area (Å²) in [5.74, 6) is -0.662. The quantitative estimate of drug-likeness (QED) is 0.346. The third kappa shape index (κ3) is 3.52. The minimum absolute atomic E-state index is 0.230. The third-order valence-electron chi connectivity index (χ3n) is 1.96. The van der Waals surface area contributed by atoms with E-state index in [1.807, 2.05) is 19.1 Å². The third-order valence-corrected chi connectivity index (χ3v) is 1.96. The van der Waals surface area contributed by atoms with Crippen LogP contribution in [0.25, 0.3) is 0 Å². The minimum Gasteiger partial charge on any atom is -0.463 e. The molecule has 2 N–H and O–H groups in total. The zero-order chi connectivity index (χ0) is 12.0. The summed E-state index contributed by atoms with van der Waals surface area (Å²) in [4.78, 5) is 15.3. The highest BCUT2D eigenvalue weighted by Crippen LogP contribution is 2.10. The summed E-state index contributed by atoms with van der Waals surface area (Å²) >= 11 is 0. The van der Waals surface area contributed by atoms with Crippen LogP contribution in [0.3, 0.4) is 0 Å². The van der Waals surface area contributed by atoms with E-state index in [9.17, 15) is 4.79 Å². The summed E-state index contributed by atoms with van der Waals surface area (Å²) < 4.78 is 4.70. The second kappa shape index (κ2) is 6.09. The van der Waals surface area contributed by atoms with Gasteiger partial charge in [-0.2, -0.15) is 0 Å². The van der Waals surface area contributed by atoms with Crippen molar-refractivity contribution in [3.05, 3.63) is 29.8 Å². The van der Waals surface area contributed by atoms with E-state index in [0.29, 0.717) is 5.69 Å². The van der Waals surface area contributed by atoms with Crippen LogP contribution in [0.5, 0.6) is 0 Å². The summed E-state index contributed by atoms with van der Waals surface area (Å²) in [7, 11) is 0. The first-order chi connectivity index (χ1) is 7.67. The zero-order valence-corrected chi connectivity index (χ0v) is 9.27. The van der Waals surface area contributed by atoms with Crippen molar-refractivity contribution < 1.29 is 19.7 Å². The van der Waals surface area contributed by atoms with E-state index in [0.717, 1.165) is 5.56 Å². The van der Waals surface area contributed by atoms with Crippen LogP contribution < -0.4 is 5.32 Å². The molecule has 1 unspecified atom stereocenters. The van der Waals surface area contributed by atoms with Crippen LogP contribution in [-0.4, -0.2) is 24.1 Å². The van der Waals surface area contributed by atoms with Gasteiger partial charge in [-0.05, 0) is 26.0 Å². The van der Waals surface area contributed by atoms with Gasteiger partial charge >= 0.3 is 5.97 Å². The Kier molecular flexibility index (Phi) is 4.75. The molecule has 0 bridgehead atoms. The molecule has 0 aliphatic rings. The normalized spacial score (nSPS) is 11.9. The van der Waals surface area contributed by atoms with Crippen molar-refractivity contribution in [2.45, 2.75) is 20.1 Å². The number of anilines is 1. The molecular weight excluding hydrogens is 210 g/mol. The van der Waals surface area contributed by atoms with Gasteiger partial charge in [0.15, 0.2) is 0 Å². The van der Waals surface area contributed by atoms with Crippen LogP contribution in [0.15, 0.2) is 24.3 Å². The molecule has 0 aromatic heterocycles. The van der Waals surface area contributed by atoms with Gasteiger partial charge in [-0.15, -0.1) is 0 Å². The Labute approximate surface area is 93.9 Å². The molecule has 5 heteroatoms. The van der Waals surface area contributed by atoms with Crippen molar-refractivity contribution in [2.24, 2.45) is 0 Å².